The summed E-state index contributed by atoms with van der Waals surface area (Å²) in [4.78, 5) is 13.7. The molecule has 0 aliphatic carbocycles. The van der Waals surface area contributed by atoms with Crippen molar-refractivity contribution >= 4 is 11.6 Å². The van der Waals surface area contributed by atoms with Crippen molar-refractivity contribution in [3.8, 4) is 11.5 Å². The maximum absolute atomic E-state index is 11.8. The molecule has 1 spiro atoms. The van der Waals surface area contributed by atoms with Gasteiger partial charge in [-0.05, 0) is 18.2 Å². The molecule has 0 N–H and O–H groups in total. The third-order valence-electron chi connectivity index (χ3n) is 6.00. The van der Waals surface area contributed by atoms with Crippen molar-refractivity contribution in [3.63, 3.8) is 0 Å². The lowest BCUT2D eigenvalue weighted by Crippen LogP contribution is -2.59. The van der Waals surface area contributed by atoms with Crippen molar-refractivity contribution in [2.75, 3.05) is 20.2 Å². The van der Waals surface area contributed by atoms with E-state index in [1.54, 1.807) is 20.3 Å². The van der Waals surface area contributed by atoms with Crippen LogP contribution >= 0.6 is 0 Å². The first-order valence-corrected chi connectivity index (χ1v) is 9.63. The van der Waals surface area contributed by atoms with Crippen LogP contribution in [0.2, 0.25) is 0 Å². The third-order valence-corrected chi connectivity index (χ3v) is 6.00. The summed E-state index contributed by atoms with van der Waals surface area (Å²) in [6, 6.07) is 9.87. The number of carbonyl (C=O) groups is 1. The number of fused-ring (bicyclic) bond motifs is 4. The Hall–Kier alpha value is -2.96. The molecule has 1 aromatic heterocycles. The number of para-hydroxylation sites is 1. The van der Waals surface area contributed by atoms with E-state index in [1.165, 1.54) is 0 Å². The van der Waals surface area contributed by atoms with Crippen LogP contribution in [0.25, 0.3) is 0 Å². The number of likely N-dealkylation sites (tertiary alicyclic amines) is 1. The number of rotatable bonds is 2. The molecule has 2 aromatic rings. The SMILES string of the molecule is COc1cccc2c1OC1(CCN(C(C)=O)CC1)N1N=C(c3ccco3)C[C@@H]21. The minimum absolute atomic E-state index is 0.0582. The molecule has 28 heavy (non-hydrogen) atoms. The number of hydrogen-bond donors (Lipinski definition) is 0. The van der Waals surface area contributed by atoms with Gasteiger partial charge in [-0.3, -0.25) is 4.79 Å². The first-order chi connectivity index (χ1) is 13.6. The van der Waals surface area contributed by atoms with Crippen LogP contribution in [-0.2, 0) is 4.79 Å². The Morgan fingerprint density at radius 3 is 2.75 bits per heavy atom. The molecular weight excluding hydrogens is 358 g/mol. The average molecular weight is 381 g/mol. The largest absolute Gasteiger partial charge is 0.493 e. The predicted molar refractivity (Wildman–Crippen MR) is 102 cm³/mol. The van der Waals surface area contributed by atoms with E-state index in [9.17, 15) is 4.79 Å². The van der Waals surface area contributed by atoms with Crippen LogP contribution in [0.4, 0.5) is 0 Å². The number of amides is 1. The van der Waals surface area contributed by atoms with E-state index in [0.29, 0.717) is 25.9 Å². The van der Waals surface area contributed by atoms with Crippen molar-refractivity contribution in [2.45, 2.75) is 38.0 Å². The van der Waals surface area contributed by atoms with Gasteiger partial charge in [-0.15, -0.1) is 0 Å². The quantitative estimate of drug-likeness (QED) is 0.799. The molecule has 3 aliphatic rings. The number of ether oxygens (including phenoxy) is 2. The maximum Gasteiger partial charge on any atom is 0.219 e. The van der Waals surface area contributed by atoms with E-state index in [1.807, 2.05) is 29.2 Å². The van der Waals surface area contributed by atoms with Gasteiger partial charge in [-0.25, -0.2) is 5.01 Å². The van der Waals surface area contributed by atoms with Gasteiger partial charge in [0.05, 0.1) is 19.4 Å². The van der Waals surface area contributed by atoms with Crippen LogP contribution in [0.1, 0.15) is 43.6 Å². The van der Waals surface area contributed by atoms with Crippen LogP contribution < -0.4 is 9.47 Å². The van der Waals surface area contributed by atoms with E-state index in [0.717, 1.165) is 35.0 Å². The van der Waals surface area contributed by atoms with Gasteiger partial charge in [0.2, 0.25) is 11.6 Å². The molecule has 7 heteroatoms. The number of piperidine rings is 1. The summed E-state index contributed by atoms with van der Waals surface area (Å²) in [6.07, 6.45) is 3.80. The lowest BCUT2D eigenvalue weighted by Gasteiger charge is -2.51. The molecule has 1 aromatic carbocycles. The highest BCUT2D eigenvalue weighted by molar-refractivity contribution is 5.99. The molecule has 1 amide bonds. The fraction of sp³-hybridized carbons (Fsp3) is 0.429. The van der Waals surface area contributed by atoms with Gasteiger partial charge in [-0.1, -0.05) is 12.1 Å². The highest BCUT2D eigenvalue weighted by atomic mass is 16.5. The molecule has 3 aliphatic heterocycles. The summed E-state index contributed by atoms with van der Waals surface area (Å²) in [6.45, 7) is 2.91. The number of hydrazone groups is 1. The van der Waals surface area contributed by atoms with Crippen molar-refractivity contribution < 1.29 is 18.7 Å². The number of nitrogens with zero attached hydrogens (tertiary/aromatic N) is 3. The molecule has 5 rings (SSSR count). The third kappa shape index (κ3) is 2.49. The summed E-state index contributed by atoms with van der Waals surface area (Å²) in [5.41, 5.74) is 1.40. The zero-order valence-electron chi connectivity index (χ0n) is 16.1. The fourth-order valence-electron chi connectivity index (χ4n) is 4.52. The molecule has 0 unspecified atom stereocenters. The minimum Gasteiger partial charge on any atom is -0.493 e. The standard InChI is InChI=1S/C21H23N3O4/c1-14(25)23-10-8-21(9-11-23)24-17(13-16(22-24)18-7-4-12-27-18)15-5-3-6-19(26-2)20(15)28-21/h3-7,12,17H,8-11,13H2,1-2H3/t17-/m0/s1. The smallest absolute Gasteiger partial charge is 0.219 e. The van der Waals surface area contributed by atoms with Gasteiger partial charge in [-0.2, -0.15) is 5.10 Å². The van der Waals surface area contributed by atoms with Crippen molar-refractivity contribution in [1.82, 2.24) is 9.91 Å². The van der Waals surface area contributed by atoms with Crippen LogP contribution in [0.15, 0.2) is 46.1 Å². The van der Waals surface area contributed by atoms with Gasteiger partial charge in [0.25, 0.3) is 0 Å². The summed E-state index contributed by atoms with van der Waals surface area (Å²) in [5, 5.41) is 7.04. The molecule has 1 atom stereocenters. The molecular formula is C21H23N3O4. The van der Waals surface area contributed by atoms with Gasteiger partial charge in [0, 0.05) is 44.8 Å². The molecule has 0 bridgehead atoms. The Bertz CT molecular complexity index is 929. The summed E-state index contributed by atoms with van der Waals surface area (Å²) >= 11 is 0. The maximum atomic E-state index is 11.8. The van der Waals surface area contributed by atoms with Crippen LogP contribution in [-0.4, -0.2) is 47.5 Å². The number of furan rings is 1. The number of carbonyl (C=O) groups excluding carboxylic acids is 1. The average Bonchev–Trinajstić information content (AvgIpc) is 3.38. The number of hydrogen-bond acceptors (Lipinski definition) is 6. The highest BCUT2D eigenvalue weighted by Gasteiger charge is 2.53. The summed E-state index contributed by atoms with van der Waals surface area (Å²) in [7, 11) is 1.66. The molecule has 4 heterocycles. The van der Waals surface area contributed by atoms with E-state index in [-0.39, 0.29) is 11.9 Å². The Morgan fingerprint density at radius 1 is 1.25 bits per heavy atom. The Labute approximate surface area is 163 Å². The molecule has 7 nitrogen and oxygen atoms in total. The van der Waals surface area contributed by atoms with Gasteiger partial charge < -0.3 is 18.8 Å². The van der Waals surface area contributed by atoms with E-state index >= 15 is 0 Å². The first kappa shape index (κ1) is 17.2. The van der Waals surface area contributed by atoms with E-state index < -0.39 is 5.72 Å². The van der Waals surface area contributed by atoms with Crippen LogP contribution in [0.5, 0.6) is 11.5 Å². The van der Waals surface area contributed by atoms with Crippen LogP contribution in [0.3, 0.4) is 0 Å². The normalized spacial score (nSPS) is 22.4. The molecule has 0 saturated carbocycles. The summed E-state index contributed by atoms with van der Waals surface area (Å²) in [5.74, 6) is 2.41. The topological polar surface area (TPSA) is 67.5 Å². The first-order valence-electron chi connectivity index (χ1n) is 9.63. The fourth-order valence-corrected chi connectivity index (χ4v) is 4.52. The monoisotopic (exact) mass is 381 g/mol. The zero-order chi connectivity index (χ0) is 19.3. The van der Waals surface area contributed by atoms with E-state index in [2.05, 4.69) is 11.1 Å². The summed E-state index contributed by atoms with van der Waals surface area (Å²) < 4.78 is 17.8. The predicted octanol–water partition coefficient (Wildman–Crippen LogP) is 3.17. The Morgan fingerprint density at radius 2 is 2.07 bits per heavy atom. The van der Waals surface area contributed by atoms with E-state index in [4.69, 9.17) is 19.0 Å². The zero-order valence-corrected chi connectivity index (χ0v) is 16.1. The van der Waals surface area contributed by atoms with Gasteiger partial charge in [0.1, 0.15) is 11.5 Å². The van der Waals surface area contributed by atoms with Gasteiger partial charge >= 0.3 is 0 Å². The molecule has 1 fully saturated rings. The van der Waals surface area contributed by atoms with Crippen LogP contribution in [0, 0.1) is 0 Å². The Kier molecular flexibility index (Phi) is 3.86. The number of methoxy groups -OCH3 is 1. The minimum atomic E-state index is -0.591. The van der Waals surface area contributed by atoms with Crippen molar-refractivity contribution in [1.29, 1.82) is 0 Å². The second-order valence-corrected chi connectivity index (χ2v) is 7.52. The molecule has 0 radical (unpaired) electrons. The second kappa shape index (κ2) is 6.29. The van der Waals surface area contributed by atoms with Gasteiger partial charge in [0.15, 0.2) is 11.5 Å². The van der Waals surface area contributed by atoms with Crippen molar-refractivity contribution in [2.24, 2.45) is 5.10 Å². The Balaban J connectivity index is 1.58. The lowest BCUT2D eigenvalue weighted by atomic mass is 9.91. The number of benzene rings is 1. The second-order valence-electron chi connectivity index (χ2n) is 7.52. The molecule has 1 saturated heterocycles. The highest BCUT2D eigenvalue weighted by Crippen LogP contribution is 2.52. The molecule has 146 valence electrons. The van der Waals surface area contributed by atoms with Crippen molar-refractivity contribution in [3.05, 3.63) is 47.9 Å². The lowest BCUT2D eigenvalue weighted by molar-refractivity contribution is -0.159.